The smallest absolute Gasteiger partial charge is 0.165 e. The first kappa shape index (κ1) is 28.6. The lowest BCUT2D eigenvalue weighted by Crippen LogP contribution is -2.00. The largest absolute Gasteiger partial charge is 0.309 e. The molecule has 4 nitrogen and oxygen atoms in total. The normalized spacial score (nSPS) is 11.9. The maximum atomic E-state index is 5.08. The van der Waals surface area contributed by atoms with Gasteiger partial charge in [0.05, 0.1) is 20.4 Å². The number of rotatable bonds is 4. The average Bonchev–Trinajstić information content (AvgIpc) is 3.88. The van der Waals surface area contributed by atoms with Gasteiger partial charge in [-0.15, -0.1) is 22.7 Å². The summed E-state index contributed by atoms with van der Waals surface area (Å²) in [4.78, 5) is 15.1. The van der Waals surface area contributed by atoms with E-state index in [-0.39, 0.29) is 0 Å². The molecule has 4 heterocycles. The van der Waals surface area contributed by atoms with E-state index in [9.17, 15) is 0 Å². The van der Waals surface area contributed by atoms with Crippen LogP contribution in [0.3, 0.4) is 0 Å². The van der Waals surface area contributed by atoms with Gasteiger partial charge in [0.1, 0.15) is 0 Å². The summed E-state index contributed by atoms with van der Waals surface area (Å²) in [5, 5.41) is 7.62. The number of para-hydroxylation sites is 2. The van der Waals surface area contributed by atoms with Gasteiger partial charge in [0.2, 0.25) is 0 Å². The average molecular weight is 687 g/mol. The van der Waals surface area contributed by atoms with Crippen LogP contribution in [0.1, 0.15) is 0 Å². The molecule has 11 aromatic rings. The molecule has 4 aromatic heterocycles. The molecule has 0 fully saturated rings. The minimum atomic E-state index is 0.670. The van der Waals surface area contributed by atoms with Crippen molar-refractivity contribution in [2.45, 2.75) is 0 Å². The monoisotopic (exact) mass is 686 g/mol. The molecule has 6 heteroatoms. The molecule has 0 radical (unpaired) electrons. The molecule has 0 spiro atoms. The maximum absolute atomic E-state index is 5.08. The highest BCUT2D eigenvalue weighted by molar-refractivity contribution is 7.33. The predicted molar refractivity (Wildman–Crippen MR) is 216 cm³/mol. The second-order valence-corrected chi connectivity index (χ2v) is 14.9. The second kappa shape index (κ2) is 11.2. The summed E-state index contributed by atoms with van der Waals surface area (Å²) in [6, 6.07) is 55.8. The van der Waals surface area contributed by atoms with E-state index >= 15 is 0 Å². The molecule has 0 atom stereocenters. The van der Waals surface area contributed by atoms with E-state index in [4.69, 9.17) is 15.0 Å². The third-order valence-corrected chi connectivity index (χ3v) is 12.5. The summed E-state index contributed by atoms with van der Waals surface area (Å²) in [5.41, 5.74) is 6.58. The SMILES string of the molecule is c1ccc(-c2nc(-c3ccccc3)nc(-c3cccc4c3sc3c4ccc4c5ccc(-n6c7ccccc7c7ccccc76)cc5sc43)n2)cc1. The number of benzene rings is 7. The first-order chi connectivity index (χ1) is 25.3. The van der Waals surface area contributed by atoms with Gasteiger partial charge < -0.3 is 4.57 Å². The van der Waals surface area contributed by atoms with E-state index in [0.717, 1.165) is 16.7 Å². The lowest BCUT2D eigenvalue weighted by Gasteiger charge is -2.09. The zero-order valence-electron chi connectivity index (χ0n) is 27.1. The number of thiophene rings is 2. The molecular weight excluding hydrogens is 661 g/mol. The van der Waals surface area contributed by atoms with Gasteiger partial charge >= 0.3 is 0 Å². The Morgan fingerprint density at radius 2 is 0.882 bits per heavy atom. The summed E-state index contributed by atoms with van der Waals surface area (Å²) in [6.45, 7) is 0. The number of fused-ring (bicyclic) bond motifs is 10. The third kappa shape index (κ3) is 4.40. The van der Waals surface area contributed by atoms with Crippen molar-refractivity contribution in [1.82, 2.24) is 19.5 Å². The van der Waals surface area contributed by atoms with E-state index in [1.165, 1.54) is 67.8 Å². The van der Waals surface area contributed by atoms with E-state index < -0.39 is 0 Å². The van der Waals surface area contributed by atoms with Crippen LogP contribution in [0, 0.1) is 0 Å². The molecule has 0 saturated carbocycles. The van der Waals surface area contributed by atoms with Crippen LogP contribution in [0.4, 0.5) is 0 Å². The minimum Gasteiger partial charge on any atom is -0.309 e. The van der Waals surface area contributed by atoms with Gasteiger partial charge in [0, 0.05) is 64.1 Å². The highest BCUT2D eigenvalue weighted by Crippen LogP contribution is 2.47. The first-order valence-corrected chi connectivity index (χ1v) is 18.6. The molecule has 238 valence electrons. The summed E-state index contributed by atoms with van der Waals surface area (Å²) < 4.78 is 7.49. The second-order valence-electron chi connectivity index (χ2n) is 12.8. The van der Waals surface area contributed by atoms with Crippen molar-refractivity contribution in [2.24, 2.45) is 0 Å². The van der Waals surface area contributed by atoms with Crippen LogP contribution in [0.25, 0.3) is 102 Å². The van der Waals surface area contributed by atoms with Gasteiger partial charge in [-0.25, -0.2) is 15.0 Å². The lowest BCUT2D eigenvalue weighted by atomic mass is 10.1. The van der Waals surface area contributed by atoms with Crippen LogP contribution >= 0.6 is 22.7 Å². The fourth-order valence-electron chi connectivity index (χ4n) is 7.52. The van der Waals surface area contributed by atoms with E-state index in [1.807, 2.05) is 59.1 Å². The molecule has 0 aliphatic rings. The molecule has 0 saturated heterocycles. The molecule has 0 aliphatic carbocycles. The zero-order valence-corrected chi connectivity index (χ0v) is 28.7. The Morgan fingerprint density at radius 1 is 0.373 bits per heavy atom. The molecular formula is C45H26N4S2. The van der Waals surface area contributed by atoms with Gasteiger partial charge in [0.25, 0.3) is 0 Å². The van der Waals surface area contributed by atoms with Gasteiger partial charge in [-0.3, -0.25) is 0 Å². The van der Waals surface area contributed by atoms with Crippen LogP contribution in [0.5, 0.6) is 0 Å². The summed E-state index contributed by atoms with van der Waals surface area (Å²) >= 11 is 3.73. The molecule has 0 bridgehead atoms. The summed E-state index contributed by atoms with van der Waals surface area (Å²) in [5.74, 6) is 2.02. The Balaban J connectivity index is 1.11. The standard InChI is InChI=1S/C45H26N4S2/c1-3-12-27(13-4-1)43-46-44(28-14-5-2-6-15-28)48-45(47-43)36-19-11-18-33-35-25-24-34-32-23-22-29(26-39(32)50-41(34)42(35)51-40(33)36)49-37-20-9-7-16-30(37)31-17-8-10-21-38(31)49/h1-26H. The Bertz CT molecular complexity index is 3030. The van der Waals surface area contributed by atoms with Crippen molar-refractivity contribution in [2.75, 3.05) is 0 Å². The van der Waals surface area contributed by atoms with Crippen molar-refractivity contribution in [1.29, 1.82) is 0 Å². The van der Waals surface area contributed by atoms with Gasteiger partial charge in [-0.2, -0.15) is 0 Å². The third-order valence-electron chi connectivity index (χ3n) is 9.87. The van der Waals surface area contributed by atoms with E-state index in [1.54, 1.807) is 0 Å². The molecule has 11 rings (SSSR count). The minimum absolute atomic E-state index is 0.670. The van der Waals surface area contributed by atoms with Crippen LogP contribution in [0.2, 0.25) is 0 Å². The van der Waals surface area contributed by atoms with E-state index in [2.05, 4.69) is 126 Å². The van der Waals surface area contributed by atoms with Gasteiger partial charge in [-0.1, -0.05) is 127 Å². The fraction of sp³-hybridized carbons (Fsp3) is 0. The van der Waals surface area contributed by atoms with Crippen LogP contribution in [0.15, 0.2) is 158 Å². The van der Waals surface area contributed by atoms with Crippen LogP contribution in [-0.2, 0) is 0 Å². The Labute approximate surface area is 300 Å². The van der Waals surface area contributed by atoms with Crippen LogP contribution < -0.4 is 0 Å². The zero-order chi connectivity index (χ0) is 33.5. The van der Waals surface area contributed by atoms with Crippen molar-refractivity contribution >= 4 is 84.8 Å². The molecule has 0 N–H and O–H groups in total. The van der Waals surface area contributed by atoms with Crippen LogP contribution in [-0.4, -0.2) is 19.5 Å². The Morgan fingerprint density at radius 3 is 1.55 bits per heavy atom. The molecule has 0 amide bonds. The van der Waals surface area contributed by atoms with Crippen molar-refractivity contribution in [3.05, 3.63) is 158 Å². The maximum Gasteiger partial charge on any atom is 0.165 e. The summed E-state index contributed by atoms with van der Waals surface area (Å²) in [7, 11) is 0. The topological polar surface area (TPSA) is 43.6 Å². The number of nitrogens with zero attached hydrogens (tertiary/aromatic N) is 4. The quantitative estimate of drug-likeness (QED) is 0.185. The molecule has 0 aliphatic heterocycles. The Hall–Kier alpha value is -6.21. The fourth-order valence-corrected chi connectivity index (χ4v) is 10.2. The lowest BCUT2D eigenvalue weighted by molar-refractivity contribution is 1.08. The predicted octanol–water partition coefficient (Wildman–Crippen LogP) is 12.7. The molecule has 7 aromatic carbocycles. The molecule has 0 unspecified atom stereocenters. The number of hydrogen-bond acceptors (Lipinski definition) is 5. The number of aromatic nitrogens is 4. The first-order valence-electron chi connectivity index (χ1n) is 16.9. The van der Waals surface area contributed by atoms with Crippen molar-refractivity contribution in [3.8, 4) is 39.9 Å². The van der Waals surface area contributed by atoms with Gasteiger partial charge in [-0.05, 0) is 30.3 Å². The van der Waals surface area contributed by atoms with E-state index in [0.29, 0.717) is 17.5 Å². The van der Waals surface area contributed by atoms with Gasteiger partial charge in [0.15, 0.2) is 17.5 Å². The summed E-state index contributed by atoms with van der Waals surface area (Å²) in [6.07, 6.45) is 0. The van der Waals surface area contributed by atoms with Crippen molar-refractivity contribution in [3.63, 3.8) is 0 Å². The highest BCUT2D eigenvalue weighted by Gasteiger charge is 2.19. The highest BCUT2D eigenvalue weighted by atomic mass is 32.1. The Kier molecular flexibility index (Phi) is 6.26. The molecule has 51 heavy (non-hydrogen) atoms. The number of hydrogen-bond donors (Lipinski definition) is 0. The van der Waals surface area contributed by atoms with Crippen molar-refractivity contribution < 1.29 is 0 Å².